The number of thioether (sulfide) groups is 1. The van der Waals surface area contributed by atoms with Crippen molar-refractivity contribution in [1.29, 1.82) is 0 Å². The zero-order valence-corrected chi connectivity index (χ0v) is 26.5. The van der Waals surface area contributed by atoms with E-state index in [1.165, 1.54) is 0 Å². The number of hydrogen-bond donors (Lipinski definition) is 1. The van der Waals surface area contributed by atoms with Gasteiger partial charge in [-0.1, -0.05) is 60.1 Å². The number of anilines is 1. The van der Waals surface area contributed by atoms with E-state index < -0.39 is 34.2 Å². The van der Waals surface area contributed by atoms with Gasteiger partial charge in [-0.2, -0.15) is 0 Å². The van der Waals surface area contributed by atoms with Crippen molar-refractivity contribution in [3.05, 3.63) is 55.6 Å². The van der Waals surface area contributed by atoms with Crippen LogP contribution in [-0.4, -0.2) is 84.8 Å². The molecule has 7 atom stereocenters. The first kappa shape index (κ1) is 30.8. The lowest BCUT2D eigenvalue weighted by Crippen LogP contribution is -2.61. The minimum atomic E-state index is -0.804. The van der Waals surface area contributed by atoms with E-state index in [4.69, 9.17) is 0 Å². The Bertz CT molecular complexity index is 1150. The number of alkyl halides is 1. The molecular formula is C31H42BrN3O4S. The van der Waals surface area contributed by atoms with Crippen LogP contribution in [0.5, 0.6) is 0 Å². The quantitative estimate of drug-likeness (QED) is 0.304. The molecule has 0 aromatic heterocycles. The smallest absolute Gasteiger partial charge is 0.247 e. The molecule has 40 heavy (non-hydrogen) atoms. The summed E-state index contributed by atoms with van der Waals surface area (Å²) in [6, 6.07) is 8.09. The third-order valence-electron chi connectivity index (χ3n) is 8.59. The largest absolute Gasteiger partial charge is 0.394 e. The Labute approximate surface area is 251 Å². The Morgan fingerprint density at radius 3 is 2.33 bits per heavy atom. The first-order valence-corrected chi connectivity index (χ1v) is 15.8. The van der Waals surface area contributed by atoms with Crippen LogP contribution in [-0.2, 0) is 14.4 Å². The summed E-state index contributed by atoms with van der Waals surface area (Å²) in [4.78, 5) is 48.7. The molecule has 2 bridgehead atoms. The Morgan fingerprint density at radius 2 is 1.80 bits per heavy atom. The molecule has 0 radical (unpaired) electrons. The highest BCUT2D eigenvalue weighted by Gasteiger charge is 2.76. The molecule has 3 fully saturated rings. The number of rotatable bonds is 10. The highest BCUT2D eigenvalue weighted by atomic mass is 79.9. The molecule has 3 aliphatic heterocycles. The highest BCUT2D eigenvalue weighted by Crippen LogP contribution is 2.68. The Hall–Kier alpha value is -2.10. The fourth-order valence-electron chi connectivity index (χ4n) is 6.82. The van der Waals surface area contributed by atoms with Crippen LogP contribution in [0, 0.1) is 17.8 Å². The van der Waals surface area contributed by atoms with E-state index in [-0.39, 0.29) is 40.3 Å². The van der Waals surface area contributed by atoms with Gasteiger partial charge >= 0.3 is 0 Å². The van der Waals surface area contributed by atoms with Crippen molar-refractivity contribution >= 4 is 51.1 Å². The normalized spacial score (nSPS) is 29.9. The maximum atomic E-state index is 14.6. The lowest BCUT2D eigenvalue weighted by Gasteiger charge is -2.44. The van der Waals surface area contributed by atoms with Gasteiger partial charge in [0.1, 0.15) is 6.04 Å². The van der Waals surface area contributed by atoms with Gasteiger partial charge in [-0.05, 0) is 45.2 Å². The molecule has 0 aliphatic carbocycles. The topological polar surface area (TPSA) is 81.2 Å². The zero-order valence-electron chi connectivity index (χ0n) is 24.1. The number of carbonyl (C=O) groups is 3. The standard InChI is InChI=1S/C31H42BrN3O4S/c1-8-15-33(20-13-11-10-12-14-20)27(37)23-24-28(38)35(22(18-36)19(3)4)26(31(24)17-21(32)25(23)40-31)29(39)34(16-9-2)30(5,6)7/h8-14,19,21-26,36H,1-2,15-18H2,3-7H3/t21?,22-,23-,24-,25-,26?,31?/m0/s1. The lowest BCUT2D eigenvalue weighted by atomic mass is 9.70. The van der Waals surface area contributed by atoms with Crippen LogP contribution in [0.4, 0.5) is 5.69 Å². The number of hydrogen-bond acceptors (Lipinski definition) is 5. The predicted molar refractivity (Wildman–Crippen MR) is 165 cm³/mol. The lowest BCUT2D eigenvalue weighted by molar-refractivity contribution is -0.149. The van der Waals surface area contributed by atoms with Gasteiger partial charge < -0.3 is 19.8 Å². The van der Waals surface area contributed by atoms with Gasteiger partial charge in [0.15, 0.2) is 0 Å². The first-order chi connectivity index (χ1) is 18.8. The molecule has 1 spiro atoms. The minimum Gasteiger partial charge on any atom is -0.394 e. The molecule has 1 aromatic carbocycles. The molecule has 3 amide bonds. The third-order valence-corrected chi connectivity index (χ3v) is 11.8. The minimum absolute atomic E-state index is 0.0405. The average molecular weight is 633 g/mol. The van der Waals surface area contributed by atoms with Crippen molar-refractivity contribution < 1.29 is 19.5 Å². The van der Waals surface area contributed by atoms with E-state index in [9.17, 15) is 19.5 Å². The SMILES string of the molecule is C=CCN(C(=O)[C@H]1[C@H]2C(=O)N([C@@H](CO)C(C)C)C(C(=O)N(CC=C)C(C)(C)C)C23CC(Br)[C@@H]1S3)c1ccccc1. The van der Waals surface area contributed by atoms with Crippen LogP contribution in [0.1, 0.15) is 41.0 Å². The number of halogens is 1. The summed E-state index contributed by atoms with van der Waals surface area (Å²) in [5, 5.41) is 10.3. The Balaban J connectivity index is 1.86. The van der Waals surface area contributed by atoms with Gasteiger partial charge in [0, 0.05) is 34.4 Å². The molecule has 7 nitrogen and oxygen atoms in total. The molecule has 3 saturated heterocycles. The van der Waals surface area contributed by atoms with Gasteiger partial charge in [0.05, 0.1) is 29.2 Å². The number of nitrogens with zero attached hydrogens (tertiary/aromatic N) is 3. The van der Waals surface area contributed by atoms with Crippen LogP contribution >= 0.6 is 27.7 Å². The summed E-state index contributed by atoms with van der Waals surface area (Å²) in [7, 11) is 0. The fourth-order valence-corrected chi connectivity index (χ4v) is 10.4. The van der Waals surface area contributed by atoms with Gasteiger partial charge in [-0.3, -0.25) is 14.4 Å². The van der Waals surface area contributed by atoms with E-state index in [0.29, 0.717) is 19.5 Å². The Kier molecular flexibility index (Phi) is 8.98. The molecule has 3 unspecified atom stereocenters. The number of aliphatic hydroxyl groups excluding tert-OH is 1. The first-order valence-electron chi connectivity index (χ1n) is 14.0. The molecule has 4 rings (SSSR count). The van der Waals surface area contributed by atoms with Crippen LogP contribution in [0.3, 0.4) is 0 Å². The molecule has 1 aromatic rings. The second-order valence-electron chi connectivity index (χ2n) is 12.4. The zero-order chi connectivity index (χ0) is 29.6. The molecule has 9 heteroatoms. The maximum absolute atomic E-state index is 14.6. The Morgan fingerprint density at radius 1 is 1.18 bits per heavy atom. The second-order valence-corrected chi connectivity index (χ2v) is 15.1. The third kappa shape index (κ3) is 4.96. The number of benzene rings is 1. The summed E-state index contributed by atoms with van der Waals surface area (Å²) < 4.78 is -0.795. The molecule has 0 saturated carbocycles. The van der Waals surface area contributed by atoms with Gasteiger partial charge in [-0.25, -0.2) is 0 Å². The van der Waals surface area contributed by atoms with Crippen molar-refractivity contribution in [2.24, 2.45) is 17.8 Å². The summed E-state index contributed by atoms with van der Waals surface area (Å²) >= 11 is 5.47. The van der Waals surface area contributed by atoms with Crippen LogP contribution in [0.25, 0.3) is 0 Å². The summed E-state index contributed by atoms with van der Waals surface area (Å²) in [5.74, 6) is -1.88. The molecule has 218 valence electrons. The molecule has 3 heterocycles. The number of para-hydroxylation sites is 1. The predicted octanol–water partition coefficient (Wildman–Crippen LogP) is 4.50. The van der Waals surface area contributed by atoms with Crippen LogP contribution in [0.15, 0.2) is 55.6 Å². The van der Waals surface area contributed by atoms with E-state index in [0.717, 1.165) is 5.69 Å². The van der Waals surface area contributed by atoms with E-state index in [2.05, 4.69) is 29.1 Å². The molecule has 1 N–H and O–H groups in total. The number of aliphatic hydroxyl groups is 1. The van der Waals surface area contributed by atoms with Gasteiger partial charge in [-0.15, -0.1) is 24.9 Å². The monoisotopic (exact) mass is 631 g/mol. The average Bonchev–Trinajstić information content (AvgIpc) is 3.49. The van der Waals surface area contributed by atoms with Crippen LogP contribution < -0.4 is 4.90 Å². The number of carbonyl (C=O) groups excluding carboxylic acids is 3. The fraction of sp³-hybridized carbons (Fsp3) is 0.581. The van der Waals surface area contributed by atoms with Crippen molar-refractivity contribution in [3.8, 4) is 0 Å². The van der Waals surface area contributed by atoms with E-state index in [1.54, 1.807) is 38.6 Å². The number of amides is 3. The van der Waals surface area contributed by atoms with E-state index >= 15 is 0 Å². The van der Waals surface area contributed by atoms with Gasteiger partial charge in [0.25, 0.3) is 0 Å². The number of fused-ring (bicyclic) bond motifs is 1. The van der Waals surface area contributed by atoms with E-state index in [1.807, 2.05) is 65.0 Å². The van der Waals surface area contributed by atoms with Crippen LogP contribution in [0.2, 0.25) is 0 Å². The second kappa shape index (κ2) is 11.6. The van der Waals surface area contributed by atoms with Gasteiger partial charge in [0.2, 0.25) is 17.7 Å². The van der Waals surface area contributed by atoms with Crippen molar-refractivity contribution in [2.45, 2.75) is 73.5 Å². The van der Waals surface area contributed by atoms with Crippen molar-refractivity contribution in [2.75, 3.05) is 24.6 Å². The molecule has 3 aliphatic rings. The summed E-state index contributed by atoms with van der Waals surface area (Å²) in [6.45, 7) is 18.0. The highest BCUT2D eigenvalue weighted by molar-refractivity contribution is 9.09. The van der Waals surface area contributed by atoms with Crippen molar-refractivity contribution in [1.82, 2.24) is 9.80 Å². The maximum Gasteiger partial charge on any atom is 0.247 e. The summed E-state index contributed by atoms with van der Waals surface area (Å²) in [6.07, 6.45) is 3.99. The number of likely N-dealkylation sites (tertiary alicyclic amines) is 1. The summed E-state index contributed by atoms with van der Waals surface area (Å²) in [5.41, 5.74) is 0.232. The molecular weight excluding hydrogens is 590 g/mol. The van der Waals surface area contributed by atoms with Crippen molar-refractivity contribution in [3.63, 3.8) is 0 Å².